The van der Waals surface area contributed by atoms with Crippen LogP contribution < -0.4 is 10.2 Å². The lowest BCUT2D eigenvalue weighted by molar-refractivity contribution is -0.137. The summed E-state index contributed by atoms with van der Waals surface area (Å²) in [6.07, 6.45) is 0.623. The third kappa shape index (κ3) is 4.32. The maximum absolute atomic E-state index is 13.4. The van der Waals surface area contributed by atoms with Crippen LogP contribution in [0, 0.1) is 5.82 Å². The first-order valence-corrected chi connectivity index (χ1v) is 10.9. The van der Waals surface area contributed by atoms with Gasteiger partial charge in [0.05, 0.1) is 24.3 Å². The molecule has 7 heteroatoms. The maximum Gasteiger partial charge on any atom is 0.256 e. The van der Waals surface area contributed by atoms with Gasteiger partial charge in [0.2, 0.25) is 0 Å². The number of hydrogen-bond acceptors (Lipinski definition) is 4. The first kappa shape index (κ1) is 21.2. The van der Waals surface area contributed by atoms with Gasteiger partial charge in [-0.1, -0.05) is 30.3 Å². The van der Waals surface area contributed by atoms with Crippen molar-refractivity contribution in [1.82, 2.24) is 4.90 Å². The second kappa shape index (κ2) is 8.67. The molecule has 1 N–H and O–H groups in total. The van der Waals surface area contributed by atoms with Crippen LogP contribution in [0.15, 0.2) is 78.9 Å². The molecule has 0 bridgehead atoms. The van der Waals surface area contributed by atoms with Crippen LogP contribution in [0.2, 0.25) is 0 Å². The molecular weight excluding hydrogens is 421 g/mol. The van der Waals surface area contributed by atoms with Gasteiger partial charge in [-0.15, -0.1) is 0 Å². The molecule has 2 saturated heterocycles. The average Bonchev–Trinajstić information content (AvgIpc) is 3.26. The normalized spacial score (nSPS) is 20.3. The van der Waals surface area contributed by atoms with E-state index in [1.165, 1.54) is 12.1 Å². The Kier molecular flexibility index (Phi) is 5.56. The summed E-state index contributed by atoms with van der Waals surface area (Å²) < 4.78 is 19.3. The molecule has 2 heterocycles. The van der Waals surface area contributed by atoms with E-state index >= 15 is 0 Å². The first-order chi connectivity index (χ1) is 16.0. The number of hydrogen-bond donors (Lipinski definition) is 1. The Morgan fingerprint density at radius 1 is 0.939 bits per heavy atom. The molecule has 2 amide bonds. The van der Waals surface area contributed by atoms with E-state index in [-0.39, 0.29) is 24.2 Å². The number of likely N-dealkylation sites (tertiary alicyclic amines) is 1. The Morgan fingerprint density at radius 3 is 2.45 bits per heavy atom. The van der Waals surface area contributed by atoms with E-state index in [1.54, 1.807) is 21.9 Å². The fourth-order valence-electron chi connectivity index (χ4n) is 4.46. The molecule has 3 aromatic rings. The number of nitrogens with one attached hydrogen (secondary N) is 1. The predicted molar refractivity (Wildman–Crippen MR) is 124 cm³/mol. The minimum Gasteiger partial charge on any atom is -0.361 e. The maximum atomic E-state index is 13.4. The number of carbonyl (C=O) groups is 2. The molecule has 2 aliphatic rings. The Balaban J connectivity index is 1.33. The summed E-state index contributed by atoms with van der Waals surface area (Å²) in [6.45, 7) is 1.18. The van der Waals surface area contributed by atoms with E-state index in [2.05, 4.69) is 5.32 Å². The highest BCUT2D eigenvalue weighted by atomic mass is 19.1. The van der Waals surface area contributed by atoms with Crippen molar-refractivity contribution in [1.29, 1.82) is 0 Å². The number of carbonyl (C=O) groups excluding carboxylic acids is 2. The molecule has 33 heavy (non-hydrogen) atoms. The zero-order valence-electron chi connectivity index (χ0n) is 18.0. The average molecular weight is 445 g/mol. The Hall–Kier alpha value is -3.71. The van der Waals surface area contributed by atoms with Gasteiger partial charge in [0.15, 0.2) is 0 Å². The van der Waals surface area contributed by atoms with Gasteiger partial charge >= 0.3 is 0 Å². The molecule has 1 spiro atoms. The van der Waals surface area contributed by atoms with Gasteiger partial charge in [0.25, 0.3) is 11.8 Å². The number of rotatable bonds is 4. The number of morpholine rings is 1. The SMILES string of the molecule is O=C(c1ccccc1Nc1ccccc1)N1CC[C@]2(C1)CN(c1ccc(F)cc1)C(=O)CO2. The molecule has 1 atom stereocenters. The number of ether oxygens (including phenoxy) is 1. The van der Waals surface area contributed by atoms with E-state index in [1.807, 2.05) is 54.6 Å². The van der Waals surface area contributed by atoms with Crippen molar-refractivity contribution in [3.63, 3.8) is 0 Å². The third-order valence-corrected chi connectivity index (χ3v) is 6.20. The number of benzene rings is 3. The lowest BCUT2D eigenvalue weighted by atomic mass is 10.00. The van der Waals surface area contributed by atoms with E-state index < -0.39 is 5.60 Å². The van der Waals surface area contributed by atoms with Crippen LogP contribution in [0.3, 0.4) is 0 Å². The molecule has 0 unspecified atom stereocenters. The van der Waals surface area contributed by atoms with Crippen LogP contribution in [-0.2, 0) is 9.53 Å². The van der Waals surface area contributed by atoms with E-state index in [0.29, 0.717) is 37.3 Å². The number of amides is 2. The highest BCUT2D eigenvalue weighted by Gasteiger charge is 2.46. The van der Waals surface area contributed by atoms with Crippen LogP contribution in [-0.4, -0.2) is 48.6 Å². The van der Waals surface area contributed by atoms with Gasteiger partial charge in [0, 0.05) is 17.9 Å². The monoisotopic (exact) mass is 445 g/mol. The van der Waals surface area contributed by atoms with E-state index in [4.69, 9.17) is 4.74 Å². The second-order valence-corrected chi connectivity index (χ2v) is 8.44. The summed E-state index contributed by atoms with van der Waals surface area (Å²) in [5.74, 6) is -0.608. The zero-order valence-corrected chi connectivity index (χ0v) is 18.0. The number of nitrogens with zero attached hydrogens (tertiary/aromatic N) is 2. The van der Waals surface area contributed by atoms with Crippen molar-refractivity contribution >= 4 is 28.9 Å². The minimum atomic E-state index is -0.639. The quantitative estimate of drug-likeness (QED) is 0.653. The summed E-state index contributed by atoms with van der Waals surface area (Å²) in [6, 6.07) is 23.0. The Labute approximate surface area is 191 Å². The molecule has 0 aromatic heterocycles. The Bertz CT molecular complexity index is 1170. The van der Waals surface area contributed by atoms with Crippen molar-refractivity contribution in [3.8, 4) is 0 Å². The van der Waals surface area contributed by atoms with Crippen molar-refractivity contribution in [2.24, 2.45) is 0 Å². The highest BCUT2D eigenvalue weighted by molar-refractivity contribution is 6.00. The standard InChI is InChI=1S/C26H24FN3O3/c27-19-10-12-21(13-11-19)30-18-26(33-16-24(30)31)14-15-29(17-26)25(32)22-8-4-5-9-23(22)28-20-6-2-1-3-7-20/h1-13,28H,14-18H2/t26-/m0/s1. The molecule has 0 saturated carbocycles. The fraction of sp³-hybridized carbons (Fsp3) is 0.231. The molecule has 6 nitrogen and oxygen atoms in total. The molecule has 168 valence electrons. The topological polar surface area (TPSA) is 61.9 Å². The van der Waals surface area contributed by atoms with Crippen molar-refractivity contribution in [2.75, 3.05) is 36.5 Å². The third-order valence-electron chi connectivity index (χ3n) is 6.20. The zero-order chi connectivity index (χ0) is 22.8. The van der Waals surface area contributed by atoms with E-state index in [0.717, 1.165) is 11.4 Å². The number of anilines is 3. The van der Waals surface area contributed by atoms with Crippen molar-refractivity contribution < 1.29 is 18.7 Å². The summed E-state index contributed by atoms with van der Waals surface area (Å²) in [4.78, 5) is 29.3. The molecule has 2 fully saturated rings. The highest BCUT2D eigenvalue weighted by Crippen LogP contribution is 2.33. The summed E-state index contributed by atoms with van der Waals surface area (Å²) in [5, 5.41) is 3.32. The predicted octanol–water partition coefficient (Wildman–Crippen LogP) is 4.22. The number of para-hydroxylation sites is 2. The van der Waals surface area contributed by atoms with Crippen LogP contribution in [0.5, 0.6) is 0 Å². The van der Waals surface area contributed by atoms with Crippen molar-refractivity contribution in [2.45, 2.75) is 12.0 Å². The molecular formula is C26H24FN3O3. The second-order valence-electron chi connectivity index (χ2n) is 8.44. The molecule has 2 aliphatic heterocycles. The molecule has 3 aromatic carbocycles. The van der Waals surface area contributed by atoms with Gasteiger partial charge in [-0.2, -0.15) is 0 Å². The Morgan fingerprint density at radius 2 is 1.67 bits per heavy atom. The minimum absolute atomic E-state index is 0.0639. The summed E-state index contributed by atoms with van der Waals surface area (Å²) in [7, 11) is 0. The molecule has 0 radical (unpaired) electrons. The lowest BCUT2D eigenvalue weighted by Gasteiger charge is -2.40. The van der Waals surface area contributed by atoms with Crippen LogP contribution in [0.4, 0.5) is 21.5 Å². The van der Waals surface area contributed by atoms with E-state index in [9.17, 15) is 14.0 Å². The summed E-state index contributed by atoms with van der Waals surface area (Å²) in [5.41, 5.74) is 2.22. The largest absolute Gasteiger partial charge is 0.361 e. The number of halogens is 1. The first-order valence-electron chi connectivity index (χ1n) is 10.9. The van der Waals surface area contributed by atoms with Crippen LogP contribution in [0.25, 0.3) is 0 Å². The molecule has 0 aliphatic carbocycles. The lowest BCUT2D eigenvalue weighted by Crippen LogP contribution is -2.56. The van der Waals surface area contributed by atoms with Gasteiger partial charge < -0.3 is 19.9 Å². The van der Waals surface area contributed by atoms with Crippen molar-refractivity contribution in [3.05, 3.63) is 90.2 Å². The van der Waals surface area contributed by atoms with Gasteiger partial charge in [0.1, 0.15) is 18.0 Å². The van der Waals surface area contributed by atoms with Crippen LogP contribution in [0.1, 0.15) is 16.8 Å². The summed E-state index contributed by atoms with van der Waals surface area (Å²) >= 11 is 0. The van der Waals surface area contributed by atoms with Crippen LogP contribution >= 0.6 is 0 Å². The fourth-order valence-corrected chi connectivity index (χ4v) is 4.46. The smallest absolute Gasteiger partial charge is 0.256 e. The van der Waals surface area contributed by atoms with Gasteiger partial charge in [-0.25, -0.2) is 4.39 Å². The molecule has 5 rings (SSSR count). The van der Waals surface area contributed by atoms with Gasteiger partial charge in [-0.05, 0) is 55.0 Å². The van der Waals surface area contributed by atoms with Gasteiger partial charge in [-0.3, -0.25) is 9.59 Å².